The van der Waals surface area contributed by atoms with Crippen molar-refractivity contribution in [2.75, 3.05) is 0 Å². The Hall–Kier alpha value is -1.84. The monoisotopic (exact) mass is 283 g/mol. The van der Waals surface area contributed by atoms with Gasteiger partial charge in [-0.25, -0.2) is 0 Å². The lowest BCUT2D eigenvalue weighted by Gasteiger charge is -2.09. The summed E-state index contributed by atoms with van der Waals surface area (Å²) < 4.78 is 5.40. The quantitative estimate of drug-likeness (QED) is 0.723. The third-order valence-electron chi connectivity index (χ3n) is 3.31. The molecule has 1 aromatic carbocycles. The third kappa shape index (κ3) is 3.00. The van der Waals surface area contributed by atoms with E-state index < -0.39 is 0 Å². The lowest BCUT2D eigenvalue weighted by molar-refractivity contribution is 0.431. The molecule has 3 aromatic rings. The van der Waals surface area contributed by atoms with E-state index in [9.17, 15) is 0 Å². The lowest BCUT2D eigenvalue weighted by atomic mass is 10.1. The standard InChI is InChI=1S/C17H17NOS/c1-13(17-8-5-9-19-17)18-11-16-10-15(12-20-16)14-6-3-2-4-7-14/h2-10,12-13,18H,11H2,1H3/t13-/m0/s1. The maximum absolute atomic E-state index is 5.40. The van der Waals surface area contributed by atoms with Gasteiger partial charge in [0.15, 0.2) is 0 Å². The zero-order chi connectivity index (χ0) is 13.8. The molecule has 0 fully saturated rings. The Morgan fingerprint density at radius 1 is 1.10 bits per heavy atom. The predicted molar refractivity (Wildman–Crippen MR) is 83.7 cm³/mol. The highest BCUT2D eigenvalue weighted by atomic mass is 32.1. The van der Waals surface area contributed by atoms with Gasteiger partial charge in [-0.15, -0.1) is 11.3 Å². The van der Waals surface area contributed by atoms with Crippen LogP contribution >= 0.6 is 11.3 Å². The number of rotatable bonds is 5. The molecular weight excluding hydrogens is 266 g/mol. The highest BCUT2D eigenvalue weighted by molar-refractivity contribution is 7.10. The Bertz CT molecular complexity index is 643. The van der Waals surface area contributed by atoms with Crippen LogP contribution in [0, 0.1) is 0 Å². The molecule has 0 bridgehead atoms. The van der Waals surface area contributed by atoms with E-state index in [1.807, 2.05) is 18.2 Å². The summed E-state index contributed by atoms with van der Waals surface area (Å²) in [5, 5.41) is 5.69. The van der Waals surface area contributed by atoms with E-state index in [2.05, 4.69) is 48.0 Å². The Morgan fingerprint density at radius 2 is 1.95 bits per heavy atom. The van der Waals surface area contributed by atoms with Gasteiger partial charge in [0.2, 0.25) is 0 Å². The molecule has 3 rings (SSSR count). The van der Waals surface area contributed by atoms with E-state index in [0.29, 0.717) is 0 Å². The van der Waals surface area contributed by atoms with Crippen molar-refractivity contribution >= 4 is 11.3 Å². The first-order valence-corrected chi connectivity index (χ1v) is 7.60. The molecule has 0 spiro atoms. The molecule has 1 atom stereocenters. The molecule has 0 aliphatic heterocycles. The molecule has 2 heterocycles. The van der Waals surface area contributed by atoms with Crippen LogP contribution < -0.4 is 5.32 Å². The Kier molecular flexibility index (Phi) is 4.00. The van der Waals surface area contributed by atoms with Crippen LogP contribution in [0.3, 0.4) is 0 Å². The fourth-order valence-electron chi connectivity index (χ4n) is 2.15. The molecule has 2 aromatic heterocycles. The van der Waals surface area contributed by atoms with Gasteiger partial charge in [0.25, 0.3) is 0 Å². The molecular formula is C17H17NOS. The Morgan fingerprint density at radius 3 is 2.70 bits per heavy atom. The summed E-state index contributed by atoms with van der Waals surface area (Å²) in [6, 6.07) is 16.9. The Labute approximate surface area is 123 Å². The third-order valence-corrected chi connectivity index (χ3v) is 4.25. The van der Waals surface area contributed by atoms with E-state index in [0.717, 1.165) is 12.3 Å². The zero-order valence-corrected chi connectivity index (χ0v) is 12.2. The number of hydrogen-bond acceptors (Lipinski definition) is 3. The van der Waals surface area contributed by atoms with Crippen LogP contribution in [0.25, 0.3) is 11.1 Å². The molecule has 2 nitrogen and oxygen atoms in total. The van der Waals surface area contributed by atoms with Crippen molar-refractivity contribution < 1.29 is 4.42 Å². The summed E-state index contributed by atoms with van der Waals surface area (Å²) in [5.41, 5.74) is 2.56. The van der Waals surface area contributed by atoms with Crippen molar-refractivity contribution in [3.63, 3.8) is 0 Å². The first kappa shape index (κ1) is 13.2. The smallest absolute Gasteiger partial charge is 0.120 e. The summed E-state index contributed by atoms with van der Waals surface area (Å²) >= 11 is 1.79. The second kappa shape index (κ2) is 6.07. The van der Waals surface area contributed by atoms with Crippen molar-refractivity contribution in [3.8, 4) is 11.1 Å². The molecule has 0 amide bonds. The molecule has 0 saturated carbocycles. The van der Waals surface area contributed by atoms with Crippen molar-refractivity contribution in [3.05, 3.63) is 70.8 Å². The van der Waals surface area contributed by atoms with E-state index in [4.69, 9.17) is 4.42 Å². The molecule has 0 unspecified atom stereocenters. The van der Waals surface area contributed by atoms with Crippen LogP contribution in [0.5, 0.6) is 0 Å². The molecule has 0 aliphatic carbocycles. The number of furan rings is 1. The first-order chi connectivity index (χ1) is 9.83. The van der Waals surface area contributed by atoms with Gasteiger partial charge in [-0.3, -0.25) is 0 Å². The number of nitrogens with one attached hydrogen (secondary N) is 1. The topological polar surface area (TPSA) is 25.2 Å². The van der Waals surface area contributed by atoms with Crippen LogP contribution in [0.4, 0.5) is 0 Å². The second-order valence-electron chi connectivity index (χ2n) is 4.79. The van der Waals surface area contributed by atoms with Gasteiger partial charge in [-0.05, 0) is 41.6 Å². The van der Waals surface area contributed by atoms with Crippen molar-refractivity contribution in [2.45, 2.75) is 19.5 Å². The van der Waals surface area contributed by atoms with Gasteiger partial charge >= 0.3 is 0 Å². The summed E-state index contributed by atoms with van der Waals surface area (Å²) in [6.45, 7) is 2.98. The SMILES string of the molecule is C[C@H](NCc1cc(-c2ccccc2)cs1)c1ccco1. The van der Waals surface area contributed by atoms with Gasteiger partial charge in [0.05, 0.1) is 12.3 Å². The zero-order valence-electron chi connectivity index (χ0n) is 11.4. The maximum Gasteiger partial charge on any atom is 0.120 e. The Balaban J connectivity index is 1.63. The van der Waals surface area contributed by atoms with E-state index in [1.165, 1.54) is 16.0 Å². The predicted octanol–water partition coefficient (Wildman–Crippen LogP) is 4.86. The fraction of sp³-hybridized carbons (Fsp3) is 0.176. The van der Waals surface area contributed by atoms with Gasteiger partial charge in [-0.1, -0.05) is 30.3 Å². The van der Waals surface area contributed by atoms with E-state index >= 15 is 0 Å². The highest BCUT2D eigenvalue weighted by Crippen LogP contribution is 2.25. The first-order valence-electron chi connectivity index (χ1n) is 6.72. The summed E-state index contributed by atoms with van der Waals surface area (Å²) in [7, 11) is 0. The van der Waals surface area contributed by atoms with Crippen LogP contribution in [0.1, 0.15) is 23.6 Å². The largest absolute Gasteiger partial charge is 0.468 e. The molecule has 0 saturated heterocycles. The molecule has 0 aliphatic rings. The lowest BCUT2D eigenvalue weighted by Crippen LogP contribution is -2.16. The number of benzene rings is 1. The second-order valence-corrected chi connectivity index (χ2v) is 5.78. The van der Waals surface area contributed by atoms with E-state index in [-0.39, 0.29) is 6.04 Å². The molecule has 3 heteroatoms. The summed E-state index contributed by atoms with van der Waals surface area (Å²) in [4.78, 5) is 1.34. The molecule has 20 heavy (non-hydrogen) atoms. The van der Waals surface area contributed by atoms with Gasteiger partial charge in [0, 0.05) is 11.4 Å². The van der Waals surface area contributed by atoms with E-state index in [1.54, 1.807) is 17.6 Å². The minimum absolute atomic E-state index is 0.229. The summed E-state index contributed by atoms with van der Waals surface area (Å²) in [5.74, 6) is 0.977. The van der Waals surface area contributed by atoms with Crippen LogP contribution in [-0.4, -0.2) is 0 Å². The average Bonchev–Trinajstić information content (AvgIpc) is 3.17. The highest BCUT2D eigenvalue weighted by Gasteiger charge is 2.08. The average molecular weight is 283 g/mol. The molecule has 1 N–H and O–H groups in total. The van der Waals surface area contributed by atoms with Gasteiger partial charge < -0.3 is 9.73 Å². The maximum atomic E-state index is 5.40. The van der Waals surface area contributed by atoms with Crippen molar-refractivity contribution in [1.29, 1.82) is 0 Å². The van der Waals surface area contributed by atoms with Gasteiger partial charge in [-0.2, -0.15) is 0 Å². The van der Waals surface area contributed by atoms with Crippen LogP contribution in [0.2, 0.25) is 0 Å². The number of hydrogen-bond donors (Lipinski definition) is 1. The molecule has 0 radical (unpaired) electrons. The number of thiophene rings is 1. The minimum Gasteiger partial charge on any atom is -0.468 e. The molecule has 102 valence electrons. The van der Waals surface area contributed by atoms with Crippen molar-refractivity contribution in [2.24, 2.45) is 0 Å². The van der Waals surface area contributed by atoms with Crippen LogP contribution in [0.15, 0.2) is 64.6 Å². The summed E-state index contributed by atoms with van der Waals surface area (Å²) in [6.07, 6.45) is 1.71. The van der Waals surface area contributed by atoms with Crippen molar-refractivity contribution in [1.82, 2.24) is 5.32 Å². The normalized spacial score (nSPS) is 12.4. The van der Waals surface area contributed by atoms with Crippen LogP contribution in [-0.2, 0) is 6.54 Å². The van der Waals surface area contributed by atoms with Gasteiger partial charge in [0.1, 0.15) is 5.76 Å². The fourth-order valence-corrected chi connectivity index (χ4v) is 2.99. The minimum atomic E-state index is 0.229.